The average Bonchev–Trinajstić information content (AvgIpc) is 2.68. The molecule has 1 heterocycles. The molecule has 16 heavy (non-hydrogen) atoms. The van der Waals surface area contributed by atoms with Crippen LogP contribution < -0.4 is 0 Å². The molecule has 0 radical (unpaired) electrons. The number of likely N-dealkylation sites (tertiary alicyclic amines) is 1. The summed E-state index contributed by atoms with van der Waals surface area (Å²) in [5, 5.41) is 17.9. The lowest BCUT2D eigenvalue weighted by Gasteiger charge is -2.18. The second-order valence-electron chi connectivity index (χ2n) is 3.85. The Hall–Kier alpha value is -0.850. The molecule has 0 saturated carbocycles. The van der Waals surface area contributed by atoms with E-state index in [4.69, 9.17) is 19.7 Å². The molecule has 94 valence electrons. The first-order valence-electron chi connectivity index (χ1n) is 5.40. The predicted molar refractivity (Wildman–Crippen MR) is 56.5 cm³/mol. The Morgan fingerprint density at radius 3 is 2.75 bits per heavy atom. The number of amides is 1. The number of methoxy groups -OCH3 is 1. The highest BCUT2D eigenvalue weighted by Crippen LogP contribution is 2.20. The summed E-state index contributed by atoms with van der Waals surface area (Å²) in [6, 6.07) is -0.329. The minimum absolute atomic E-state index is 0.106. The van der Waals surface area contributed by atoms with Gasteiger partial charge in [-0.25, -0.2) is 4.79 Å². The molecule has 0 aliphatic carbocycles. The number of rotatable bonds is 6. The minimum Gasteiger partial charge on any atom is -0.465 e. The zero-order chi connectivity index (χ0) is 12.0. The number of aliphatic hydroxyl groups excluding tert-OH is 1. The van der Waals surface area contributed by atoms with E-state index in [0.717, 1.165) is 6.42 Å². The number of carbonyl (C=O) groups is 1. The maximum absolute atomic E-state index is 10.8. The second kappa shape index (κ2) is 6.67. The van der Waals surface area contributed by atoms with E-state index in [1.807, 2.05) is 0 Å². The first kappa shape index (κ1) is 13.2. The summed E-state index contributed by atoms with van der Waals surface area (Å²) >= 11 is 0. The Labute approximate surface area is 94.8 Å². The van der Waals surface area contributed by atoms with Crippen LogP contribution in [-0.2, 0) is 9.47 Å². The standard InChI is InChI=1S/C10H19NO5/c1-15-3-2-4-16-9-5-8(7-12)11(6-9)10(13)14/h8-9,12H,2-7H2,1H3,(H,13,14)/t8-,9-/m1/s1. The van der Waals surface area contributed by atoms with Crippen LogP contribution in [0.15, 0.2) is 0 Å². The number of ether oxygens (including phenoxy) is 2. The quantitative estimate of drug-likeness (QED) is 0.638. The zero-order valence-electron chi connectivity index (χ0n) is 9.46. The van der Waals surface area contributed by atoms with Gasteiger partial charge >= 0.3 is 6.09 Å². The maximum atomic E-state index is 10.8. The van der Waals surface area contributed by atoms with Crippen molar-refractivity contribution in [2.75, 3.05) is 33.5 Å². The van der Waals surface area contributed by atoms with Crippen LogP contribution in [0.2, 0.25) is 0 Å². The fourth-order valence-electron chi connectivity index (χ4n) is 1.86. The molecule has 0 spiro atoms. The van der Waals surface area contributed by atoms with Gasteiger partial charge in [0.25, 0.3) is 0 Å². The molecule has 0 bridgehead atoms. The number of nitrogens with zero attached hydrogens (tertiary/aromatic N) is 1. The van der Waals surface area contributed by atoms with E-state index < -0.39 is 6.09 Å². The van der Waals surface area contributed by atoms with Crippen molar-refractivity contribution < 1.29 is 24.5 Å². The van der Waals surface area contributed by atoms with Crippen molar-refractivity contribution >= 4 is 6.09 Å². The summed E-state index contributed by atoms with van der Waals surface area (Å²) in [5.41, 5.74) is 0. The molecule has 0 aromatic carbocycles. The molecule has 6 nitrogen and oxygen atoms in total. The Morgan fingerprint density at radius 1 is 1.50 bits per heavy atom. The van der Waals surface area contributed by atoms with E-state index in [1.54, 1.807) is 7.11 Å². The molecular weight excluding hydrogens is 214 g/mol. The van der Waals surface area contributed by atoms with E-state index in [0.29, 0.717) is 26.2 Å². The number of hydrogen-bond donors (Lipinski definition) is 2. The fourth-order valence-corrected chi connectivity index (χ4v) is 1.86. The van der Waals surface area contributed by atoms with E-state index in [2.05, 4.69) is 0 Å². The van der Waals surface area contributed by atoms with Crippen LogP contribution in [-0.4, -0.2) is 66.8 Å². The molecule has 6 heteroatoms. The van der Waals surface area contributed by atoms with Gasteiger partial charge in [-0.15, -0.1) is 0 Å². The van der Waals surface area contributed by atoms with Gasteiger partial charge < -0.3 is 24.6 Å². The lowest BCUT2D eigenvalue weighted by molar-refractivity contribution is 0.0447. The lowest BCUT2D eigenvalue weighted by Crippen LogP contribution is -2.36. The summed E-state index contributed by atoms with van der Waals surface area (Å²) in [5.74, 6) is 0. The van der Waals surface area contributed by atoms with Crippen molar-refractivity contribution in [1.29, 1.82) is 0 Å². The largest absolute Gasteiger partial charge is 0.465 e. The average molecular weight is 233 g/mol. The molecule has 1 fully saturated rings. The van der Waals surface area contributed by atoms with Crippen LogP contribution in [0.5, 0.6) is 0 Å². The highest BCUT2D eigenvalue weighted by Gasteiger charge is 2.35. The predicted octanol–water partition coefficient (Wildman–Crippen LogP) is 0.153. The van der Waals surface area contributed by atoms with E-state index in [9.17, 15) is 4.79 Å². The molecule has 2 N–H and O–H groups in total. The van der Waals surface area contributed by atoms with Gasteiger partial charge in [0.15, 0.2) is 0 Å². The monoisotopic (exact) mass is 233 g/mol. The second-order valence-corrected chi connectivity index (χ2v) is 3.85. The Kier molecular flexibility index (Phi) is 5.51. The van der Waals surface area contributed by atoms with Crippen LogP contribution in [0.3, 0.4) is 0 Å². The first-order valence-corrected chi connectivity index (χ1v) is 5.40. The zero-order valence-corrected chi connectivity index (χ0v) is 9.46. The van der Waals surface area contributed by atoms with Crippen LogP contribution in [0.4, 0.5) is 4.79 Å². The Bertz CT molecular complexity index is 223. The molecule has 0 unspecified atom stereocenters. The third kappa shape index (κ3) is 3.62. The van der Waals surface area contributed by atoms with Gasteiger partial charge in [-0.3, -0.25) is 0 Å². The summed E-state index contributed by atoms with van der Waals surface area (Å²) in [6.07, 6.45) is 0.256. The van der Waals surface area contributed by atoms with Crippen molar-refractivity contribution in [1.82, 2.24) is 4.90 Å². The normalized spacial score (nSPS) is 25.0. The Morgan fingerprint density at radius 2 is 2.25 bits per heavy atom. The van der Waals surface area contributed by atoms with Gasteiger partial charge in [-0.2, -0.15) is 0 Å². The Balaban J connectivity index is 2.28. The number of carboxylic acid groups (broad SMARTS) is 1. The van der Waals surface area contributed by atoms with Crippen LogP contribution in [0.25, 0.3) is 0 Å². The summed E-state index contributed by atoms with van der Waals surface area (Å²) in [4.78, 5) is 12.1. The molecule has 2 atom stereocenters. The number of hydrogen-bond acceptors (Lipinski definition) is 4. The smallest absolute Gasteiger partial charge is 0.407 e. The number of aliphatic hydroxyl groups is 1. The highest BCUT2D eigenvalue weighted by molar-refractivity contribution is 5.66. The minimum atomic E-state index is -0.998. The molecule has 0 aromatic rings. The molecule has 1 amide bonds. The SMILES string of the molecule is COCCCO[C@@H]1C[C@H](CO)N(C(=O)O)C1. The molecule has 1 aliphatic rings. The van der Waals surface area contributed by atoms with Gasteiger partial charge in [0.05, 0.1) is 25.3 Å². The molecule has 1 saturated heterocycles. The van der Waals surface area contributed by atoms with Gasteiger partial charge in [0, 0.05) is 20.3 Å². The topological polar surface area (TPSA) is 79.2 Å². The van der Waals surface area contributed by atoms with E-state index in [-0.39, 0.29) is 18.8 Å². The van der Waals surface area contributed by atoms with Crippen molar-refractivity contribution in [3.8, 4) is 0 Å². The van der Waals surface area contributed by atoms with Crippen LogP contribution in [0, 0.1) is 0 Å². The lowest BCUT2D eigenvalue weighted by atomic mass is 10.2. The van der Waals surface area contributed by atoms with E-state index in [1.165, 1.54) is 4.90 Å². The summed E-state index contributed by atoms with van der Waals surface area (Å²) in [6.45, 7) is 1.39. The molecular formula is C10H19NO5. The van der Waals surface area contributed by atoms with Gasteiger partial charge in [-0.1, -0.05) is 0 Å². The van der Waals surface area contributed by atoms with Crippen molar-refractivity contribution in [2.45, 2.75) is 25.0 Å². The van der Waals surface area contributed by atoms with Gasteiger partial charge in [-0.05, 0) is 12.8 Å². The maximum Gasteiger partial charge on any atom is 0.407 e. The summed E-state index contributed by atoms with van der Waals surface area (Å²) < 4.78 is 10.4. The molecule has 0 aromatic heterocycles. The third-order valence-corrected chi connectivity index (χ3v) is 2.68. The first-order chi connectivity index (χ1) is 7.69. The molecule has 1 aliphatic heterocycles. The van der Waals surface area contributed by atoms with Gasteiger partial charge in [0.1, 0.15) is 0 Å². The fraction of sp³-hybridized carbons (Fsp3) is 0.900. The van der Waals surface area contributed by atoms with Gasteiger partial charge in [0.2, 0.25) is 0 Å². The van der Waals surface area contributed by atoms with Crippen molar-refractivity contribution in [3.63, 3.8) is 0 Å². The highest BCUT2D eigenvalue weighted by atomic mass is 16.5. The van der Waals surface area contributed by atoms with Crippen molar-refractivity contribution in [2.24, 2.45) is 0 Å². The van der Waals surface area contributed by atoms with E-state index >= 15 is 0 Å². The third-order valence-electron chi connectivity index (χ3n) is 2.68. The molecule has 1 rings (SSSR count). The van der Waals surface area contributed by atoms with Crippen LogP contribution in [0.1, 0.15) is 12.8 Å². The van der Waals surface area contributed by atoms with Crippen molar-refractivity contribution in [3.05, 3.63) is 0 Å². The van der Waals surface area contributed by atoms with Crippen LogP contribution >= 0.6 is 0 Å². The summed E-state index contributed by atoms with van der Waals surface area (Å²) in [7, 11) is 1.63.